The highest BCUT2D eigenvalue weighted by Crippen LogP contribution is 2.19. The third-order valence-electron chi connectivity index (χ3n) is 4.06. The van der Waals surface area contributed by atoms with Gasteiger partial charge in [-0.25, -0.2) is 4.79 Å². The van der Waals surface area contributed by atoms with E-state index >= 15 is 0 Å². The number of rotatable bonds is 7. The highest BCUT2D eigenvalue weighted by molar-refractivity contribution is 6.30. The second-order valence-corrected chi connectivity index (χ2v) is 6.26. The number of aromatic nitrogens is 1. The fraction of sp³-hybridized carbons (Fsp3) is 0.100. The zero-order valence-corrected chi connectivity index (χ0v) is 14.5. The summed E-state index contributed by atoms with van der Waals surface area (Å²) in [4.78, 5) is 26.7. The number of carbonyl (C=O) groups excluding carboxylic acids is 1. The first-order chi connectivity index (χ1) is 12.5. The van der Waals surface area contributed by atoms with Gasteiger partial charge >= 0.3 is 5.97 Å². The van der Waals surface area contributed by atoms with E-state index in [1.54, 1.807) is 24.3 Å². The Hall–Kier alpha value is -3.05. The molecule has 0 spiro atoms. The number of halogens is 1. The molecule has 0 amide bonds. The maximum atomic E-state index is 12.1. The SMILES string of the molecule is O=C(/C=C\NC(Cc1c[nH]c2ccccc12)C(=O)O)c1ccc(Cl)cc1. The van der Waals surface area contributed by atoms with Crippen LogP contribution in [-0.4, -0.2) is 27.9 Å². The molecule has 0 bridgehead atoms. The molecule has 0 fully saturated rings. The molecule has 1 aromatic heterocycles. The van der Waals surface area contributed by atoms with E-state index in [-0.39, 0.29) is 5.78 Å². The number of aromatic amines is 1. The molecule has 6 heteroatoms. The van der Waals surface area contributed by atoms with Crippen LogP contribution in [-0.2, 0) is 11.2 Å². The van der Waals surface area contributed by atoms with E-state index in [1.165, 1.54) is 12.3 Å². The van der Waals surface area contributed by atoms with Crippen LogP contribution in [0.2, 0.25) is 5.02 Å². The van der Waals surface area contributed by atoms with Gasteiger partial charge < -0.3 is 15.4 Å². The Morgan fingerprint density at radius 3 is 2.62 bits per heavy atom. The highest BCUT2D eigenvalue weighted by atomic mass is 35.5. The molecule has 0 aliphatic heterocycles. The van der Waals surface area contributed by atoms with Gasteiger partial charge in [0.25, 0.3) is 0 Å². The van der Waals surface area contributed by atoms with Crippen molar-refractivity contribution in [2.24, 2.45) is 0 Å². The van der Waals surface area contributed by atoms with Gasteiger partial charge in [0.1, 0.15) is 6.04 Å². The summed E-state index contributed by atoms with van der Waals surface area (Å²) in [5, 5.41) is 13.8. The summed E-state index contributed by atoms with van der Waals surface area (Å²) in [5.41, 5.74) is 2.34. The fourth-order valence-electron chi connectivity index (χ4n) is 2.69. The summed E-state index contributed by atoms with van der Waals surface area (Å²) >= 11 is 5.80. The molecule has 1 atom stereocenters. The molecule has 2 aromatic carbocycles. The summed E-state index contributed by atoms with van der Waals surface area (Å²) in [5.74, 6) is -1.22. The van der Waals surface area contributed by atoms with Crippen molar-refractivity contribution >= 4 is 34.3 Å². The molecule has 26 heavy (non-hydrogen) atoms. The lowest BCUT2D eigenvalue weighted by atomic mass is 10.1. The molecule has 1 unspecified atom stereocenters. The van der Waals surface area contributed by atoms with Crippen LogP contribution in [0.3, 0.4) is 0 Å². The fourth-order valence-corrected chi connectivity index (χ4v) is 2.81. The van der Waals surface area contributed by atoms with E-state index in [2.05, 4.69) is 10.3 Å². The number of carbonyl (C=O) groups is 2. The summed E-state index contributed by atoms with van der Waals surface area (Å²) in [6.45, 7) is 0. The van der Waals surface area contributed by atoms with Crippen molar-refractivity contribution in [1.29, 1.82) is 0 Å². The van der Waals surface area contributed by atoms with Crippen LogP contribution >= 0.6 is 11.6 Å². The Balaban J connectivity index is 1.68. The highest BCUT2D eigenvalue weighted by Gasteiger charge is 2.18. The first-order valence-corrected chi connectivity index (χ1v) is 8.42. The van der Waals surface area contributed by atoms with Gasteiger partial charge in [0.2, 0.25) is 0 Å². The van der Waals surface area contributed by atoms with Crippen LogP contribution in [0.25, 0.3) is 10.9 Å². The molecule has 132 valence electrons. The quantitative estimate of drug-likeness (QED) is 0.437. The van der Waals surface area contributed by atoms with E-state index in [0.29, 0.717) is 17.0 Å². The van der Waals surface area contributed by atoms with Crippen molar-refractivity contribution < 1.29 is 14.7 Å². The van der Waals surface area contributed by atoms with Crippen LogP contribution in [0, 0.1) is 0 Å². The number of para-hydroxylation sites is 1. The maximum Gasteiger partial charge on any atom is 0.326 e. The Bertz CT molecular complexity index is 961. The molecule has 0 aliphatic carbocycles. The molecular formula is C20H17ClN2O3. The zero-order chi connectivity index (χ0) is 18.5. The number of benzene rings is 2. The smallest absolute Gasteiger partial charge is 0.326 e. The van der Waals surface area contributed by atoms with E-state index in [9.17, 15) is 14.7 Å². The maximum absolute atomic E-state index is 12.1. The Kier molecular flexibility index (Phi) is 5.39. The second-order valence-electron chi connectivity index (χ2n) is 5.83. The monoisotopic (exact) mass is 368 g/mol. The predicted molar refractivity (Wildman–Crippen MR) is 101 cm³/mol. The topological polar surface area (TPSA) is 82.2 Å². The van der Waals surface area contributed by atoms with E-state index in [0.717, 1.165) is 16.5 Å². The van der Waals surface area contributed by atoms with Crippen LogP contribution < -0.4 is 5.32 Å². The van der Waals surface area contributed by atoms with Crippen LogP contribution in [0.15, 0.2) is 67.0 Å². The van der Waals surface area contributed by atoms with E-state index in [4.69, 9.17) is 11.6 Å². The molecule has 1 heterocycles. The second kappa shape index (κ2) is 7.89. The van der Waals surface area contributed by atoms with Crippen LogP contribution in [0.1, 0.15) is 15.9 Å². The van der Waals surface area contributed by atoms with Gasteiger partial charge in [-0.05, 0) is 35.9 Å². The van der Waals surface area contributed by atoms with Crippen molar-refractivity contribution in [3.05, 3.63) is 83.2 Å². The minimum absolute atomic E-state index is 0.231. The molecule has 3 rings (SSSR count). The molecular weight excluding hydrogens is 352 g/mol. The lowest BCUT2D eigenvalue weighted by Crippen LogP contribution is -2.35. The Labute approximate surface area is 155 Å². The third-order valence-corrected chi connectivity index (χ3v) is 4.31. The average Bonchev–Trinajstić information content (AvgIpc) is 3.04. The molecule has 0 radical (unpaired) electrons. The van der Waals surface area contributed by atoms with Gasteiger partial charge in [0.05, 0.1) is 0 Å². The summed E-state index contributed by atoms with van der Waals surface area (Å²) in [7, 11) is 0. The van der Waals surface area contributed by atoms with Crippen molar-refractivity contribution in [3.8, 4) is 0 Å². The summed E-state index contributed by atoms with van der Waals surface area (Å²) < 4.78 is 0. The third kappa shape index (κ3) is 4.13. The standard InChI is InChI=1S/C20H17ClN2O3/c21-15-7-5-13(6-8-15)19(24)9-10-22-18(20(25)26)11-14-12-23-17-4-2-1-3-16(14)17/h1-10,12,18,22-23H,11H2,(H,25,26)/b10-9-. The van der Waals surface area contributed by atoms with Crippen LogP contribution in [0.4, 0.5) is 0 Å². The van der Waals surface area contributed by atoms with Gasteiger partial charge in [-0.2, -0.15) is 0 Å². The van der Waals surface area contributed by atoms with Crippen molar-refractivity contribution in [2.45, 2.75) is 12.5 Å². The first kappa shape index (κ1) is 17.8. The van der Waals surface area contributed by atoms with Gasteiger partial charge in [0, 0.05) is 46.4 Å². The van der Waals surface area contributed by atoms with Crippen molar-refractivity contribution in [2.75, 3.05) is 0 Å². The molecule has 3 N–H and O–H groups in total. The number of ketones is 1. The minimum Gasteiger partial charge on any atom is -0.480 e. The minimum atomic E-state index is -0.987. The summed E-state index contributed by atoms with van der Waals surface area (Å²) in [6, 6.07) is 13.4. The summed E-state index contributed by atoms with van der Waals surface area (Å²) in [6.07, 6.45) is 4.79. The van der Waals surface area contributed by atoms with E-state index < -0.39 is 12.0 Å². The predicted octanol–water partition coefficient (Wildman–Crippen LogP) is 3.80. The molecule has 0 saturated heterocycles. The number of hydrogen-bond donors (Lipinski definition) is 3. The van der Waals surface area contributed by atoms with Gasteiger partial charge in [0.15, 0.2) is 5.78 Å². The van der Waals surface area contributed by atoms with Gasteiger partial charge in [-0.3, -0.25) is 4.79 Å². The van der Waals surface area contributed by atoms with Gasteiger partial charge in [-0.1, -0.05) is 29.8 Å². The van der Waals surface area contributed by atoms with Crippen molar-refractivity contribution in [1.82, 2.24) is 10.3 Å². The number of hydrogen-bond acceptors (Lipinski definition) is 3. The number of nitrogens with one attached hydrogen (secondary N) is 2. The van der Waals surface area contributed by atoms with Crippen molar-refractivity contribution in [3.63, 3.8) is 0 Å². The molecule has 5 nitrogen and oxygen atoms in total. The number of carboxylic acid groups (broad SMARTS) is 1. The first-order valence-electron chi connectivity index (χ1n) is 8.05. The average molecular weight is 369 g/mol. The van der Waals surface area contributed by atoms with Crippen LogP contribution in [0.5, 0.6) is 0 Å². The molecule has 0 saturated carbocycles. The number of aliphatic carboxylic acids is 1. The lowest BCUT2D eigenvalue weighted by Gasteiger charge is -2.12. The molecule has 3 aromatic rings. The number of H-pyrrole nitrogens is 1. The van der Waals surface area contributed by atoms with Gasteiger partial charge in [-0.15, -0.1) is 0 Å². The Morgan fingerprint density at radius 2 is 1.88 bits per heavy atom. The largest absolute Gasteiger partial charge is 0.480 e. The number of fused-ring (bicyclic) bond motifs is 1. The zero-order valence-electron chi connectivity index (χ0n) is 13.8. The number of carboxylic acids is 1. The van der Waals surface area contributed by atoms with E-state index in [1.807, 2.05) is 30.5 Å². The lowest BCUT2D eigenvalue weighted by molar-refractivity contribution is -0.139. The Morgan fingerprint density at radius 1 is 1.15 bits per heavy atom. The normalized spacial score (nSPS) is 12.3. The molecule has 0 aliphatic rings. The number of allylic oxidation sites excluding steroid dienone is 1.